The first-order chi connectivity index (χ1) is 11.2. The standard InChI is InChI=1S/C19H20O4/c1-15(19(21)16-9-4-2-5-10-16)23-18(20)13-8-14-22-17-11-6-3-7-12-17/h2-7,9-12,15H,8,13-14H2,1H3/t15-/m1/s1. The van der Waals surface area contributed by atoms with Crippen LogP contribution in [0.25, 0.3) is 0 Å². The Morgan fingerprint density at radius 2 is 1.57 bits per heavy atom. The smallest absolute Gasteiger partial charge is 0.306 e. The molecule has 0 amide bonds. The highest BCUT2D eigenvalue weighted by Gasteiger charge is 2.18. The number of Topliss-reactive ketones (excluding diaryl/α,β-unsaturated/α-hetero) is 1. The number of hydrogen-bond acceptors (Lipinski definition) is 4. The van der Waals surface area contributed by atoms with Crippen LogP contribution in [0.2, 0.25) is 0 Å². The summed E-state index contributed by atoms with van der Waals surface area (Å²) in [5.41, 5.74) is 0.542. The molecule has 0 aliphatic heterocycles. The normalized spacial score (nSPS) is 11.5. The highest BCUT2D eigenvalue weighted by Crippen LogP contribution is 2.10. The molecule has 0 radical (unpaired) electrons. The third-order valence-corrected chi connectivity index (χ3v) is 3.27. The Balaban J connectivity index is 1.69. The molecular weight excluding hydrogens is 292 g/mol. The Morgan fingerprint density at radius 1 is 0.957 bits per heavy atom. The van der Waals surface area contributed by atoms with Crippen LogP contribution < -0.4 is 4.74 Å². The second-order valence-electron chi connectivity index (χ2n) is 5.13. The molecule has 120 valence electrons. The van der Waals surface area contributed by atoms with Gasteiger partial charge in [0.2, 0.25) is 5.78 Å². The molecule has 0 saturated carbocycles. The Morgan fingerprint density at radius 3 is 2.22 bits per heavy atom. The topological polar surface area (TPSA) is 52.6 Å². The van der Waals surface area contributed by atoms with Crippen molar-refractivity contribution in [2.75, 3.05) is 6.61 Å². The molecule has 2 rings (SSSR count). The first kappa shape index (κ1) is 16.7. The molecule has 0 saturated heterocycles. The predicted molar refractivity (Wildman–Crippen MR) is 87.5 cm³/mol. The number of rotatable bonds is 8. The van der Waals surface area contributed by atoms with Crippen LogP contribution in [0, 0.1) is 0 Å². The van der Waals surface area contributed by atoms with Crippen molar-refractivity contribution < 1.29 is 19.1 Å². The van der Waals surface area contributed by atoms with Gasteiger partial charge < -0.3 is 9.47 Å². The molecule has 0 N–H and O–H groups in total. The van der Waals surface area contributed by atoms with Crippen molar-refractivity contribution in [1.82, 2.24) is 0 Å². The Labute approximate surface area is 136 Å². The molecule has 23 heavy (non-hydrogen) atoms. The molecule has 0 bridgehead atoms. The summed E-state index contributed by atoms with van der Waals surface area (Å²) in [5, 5.41) is 0. The quantitative estimate of drug-likeness (QED) is 0.424. The zero-order chi connectivity index (χ0) is 16.5. The Kier molecular flexibility index (Phi) is 6.36. The number of hydrogen-bond donors (Lipinski definition) is 0. The molecule has 0 unspecified atom stereocenters. The molecule has 0 aliphatic carbocycles. The fraction of sp³-hybridized carbons (Fsp3) is 0.263. The van der Waals surface area contributed by atoms with Crippen LogP contribution >= 0.6 is 0 Å². The molecule has 0 aromatic heterocycles. The molecule has 2 aromatic carbocycles. The molecule has 0 fully saturated rings. The lowest BCUT2D eigenvalue weighted by atomic mass is 10.1. The van der Waals surface area contributed by atoms with Crippen LogP contribution in [0.3, 0.4) is 0 Å². The van der Waals surface area contributed by atoms with Crippen LogP contribution in [0.1, 0.15) is 30.1 Å². The van der Waals surface area contributed by atoms with Crippen LogP contribution in [-0.2, 0) is 9.53 Å². The van der Waals surface area contributed by atoms with Crippen molar-refractivity contribution in [3.8, 4) is 5.75 Å². The Hall–Kier alpha value is -2.62. The SMILES string of the molecule is C[C@@H](OC(=O)CCCOc1ccccc1)C(=O)c1ccccc1. The van der Waals surface area contributed by atoms with E-state index in [4.69, 9.17) is 9.47 Å². The van der Waals surface area contributed by atoms with Gasteiger partial charge in [0.1, 0.15) is 5.75 Å². The van der Waals surface area contributed by atoms with Crippen molar-refractivity contribution in [3.05, 3.63) is 66.2 Å². The first-order valence-corrected chi connectivity index (χ1v) is 7.63. The van der Waals surface area contributed by atoms with Gasteiger partial charge in [-0.2, -0.15) is 0 Å². The lowest BCUT2D eigenvalue weighted by molar-refractivity contribution is -0.146. The lowest BCUT2D eigenvalue weighted by Crippen LogP contribution is -2.24. The van der Waals surface area contributed by atoms with Gasteiger partial charge in [0.25, 0.3) is 0 Å². The fourth-order valence-corrected chi connectivity index (χ4v) is 2.07. The number of esters is 1. The van der Waals surface area contributed by atoms with E-state index in [9.17, 15) is 9.59 Å². The number of carbonyl (C=O) groups is 2. The summed E-state index contributed by atoms with van der Waals surface area (Å²) in [6, 6.07) is 18.2. The molecular formula is C19H20O4. The summed E-state index contributed by atoms with van der Waals surface area (Å²) in [4.78, 5) is 23.9. The van der Waals surface area contributed by atoms with Gasteiger partial charge in [-0.3, -0.25) is 9.59 Å². The zero-order valence-corrected chi connectivity index (χ0v) is 13.1. The summed E-state index contributed by atoms with van der Waals surface area (Å²) in [7, 11) is 0. The van der Waals surface area contributed by atoms with Gasteiger partial charge in [-0.15, -0.1) is 0 Å². The molecule has 4 nitrogen and oxygen atoms in total. The summed E-state index contributed by atoms with van der Waals surface area (Å²) >= 11 is 0. The second-order valence-corrected chi connectivity index (χ2v) is 5.13. The van der Waals surface area contributed by atoms with E-state index in [-0.39, 0.29) is 12.2 Å². The number of carbonyl (C=O) groups excluding carboxylic acids is 2. The summed E-state index contributed by atoms with van der Waals surface area (Å²) in [5.74, 6) is 0.186. The predicted octanol–water partition coefficient (Wildman–Crippen LogP) is 3.66. The zero-order valence-electron chi connectivity index (χ0n) is 13.1. The van der Waals surface area contributed by atoms with E-state index in [0.29, 0.717) is 18.6 Å². The molecule has 0 spiro atoms. The minimum Gasteiger partial charge on any atom is -0.494 e. The Bertz CT molecular complexity index is 622. The minimum atomic E-state index is -0.778. The van der Waals surface area contributed by atoms with E-state index in [1.54, 1.807) is 31.2 Å². The van der Waals surface area contributed by atoms with Crippen molar-refractivity contribution >= 4 is 11.8 Å². The maximum absolute atomic E-state index is 12.1. The van der Waals surface area contributed by atoms with E-state index in [0.717, 1.165) is 5.75 Å². The minimum absolute atomic E-state index is 0.195. The summed E-state index contributed by atoms with van der Waals surface area (Å²) in [6.45, 7) is 2.02. The fourth-order valence-electron chi connectivity index (χ4n) is 2.07. The largest absolute Gasteiger partial charge is 0.494 e. The van der Waals surface area contributed by atoms with Crippen molar-refractivity contribution in [3.63, 3.8) is 0 Å². The molecule has 1 atom stereocenters. The van der Waals surface area contributed by atoms with E-state index >= 15 is 0 Å². The average molecular weight is 312 g/mol. The molecule has 0 heterocycles. The molecule has 0 aliphatic rings. The number of para-hydroxylation sites is 1. The second kappa shape index (κ2) is 8.73. The highest BCUT2D eigenvalue weighted by atomic mass is 16.5. The first-order valence-electron chi connectivity index (χ1n) is 7.63. The van der Waals surface area contributed by atoms with Crippen LogP contribution in [-0.4, -0.2) is 24.5 Å². The van der Waals surface area contributed by atoms with Gasteiger partial charge in [0.15, 0.2) is 6.10 Å². The monoisotopic (exact) mass is 312 g/mol. The third kappa shape index (κ3) is 5.58. The van der Waals surface area contributed by atoms with Crippen LogP contribution in [0.4, 0.5) is 0 Å². The highest BCUT2D eigenvalue weighted by molar-refractivity contribution is 6.00. The summed E-state index contributed by atoms with van der Waals surface area (Å²) in [6.07, 6.45) is -0.0147. The summed E-state index contributed by atoms with van der Waals surface area (Å²) < 4.78 is 10.7. The van der Waals surface area contributed by atoms with Gasteiger partial charge in [0, 0.05) is 12.0 Å². The molecule has 2 aromatic rings. The van der Waals surface area contributed by atoms with Crippen LogP contribution in [0.15, 0.2) is 60.7 Å². The average Bonchev–Trinajstić information content (AvgIpc) is 2.59. The number of ether oxygens (including phenoxy) is 2. The van der Waals surface area contributed by atoms with E-state index < -0.39 is 12.1 Å². The van der Waals surface area contributed by atoms with Crippen molar-refractivity contribution in [2.24, 2.45) is 0 Å². The maximum atomic E-state index is 12.1. The van der Waals surface area contributed by atoms with Crippen LogP contribution in [0.5, 0.6) is 5.75 Å². The van der Waals surface area contributed by atoms with Gasteiger partial charge in [-0.1, -0.05) is 48.5 Å². The van der Waals surface area contributed by atoms with Crippen molar-refractivity contribution in [1.29, 1.82) is 0 Å². The third-order valence-electron chi connectivity index (χ3n) is 3.27. The molecule has 4 heteroatoms. The van der Waals surface area contributed by atoms with Gasteiger partial charge in [0.05, 0.1) is 6.61 Å². The van der Waals surface area contributed by atoms with E-state index in [1.807, 2.05) is 36.4 Å². The van der Waals surface area contributed by atoms with Gasteiger partial charge in [-0.25, -0.2) is 0 Å². The lowest BCUT2D eigenvalue weighted by Gasteiger charge is -2.12. The van der Waals surface area contributed by atoms with Crippen molar-refractivity contribution in [2.45, 2.75) is 25.9 Å². The number of benzene rings is 2. The van der Waals surface area contributed by atoms with Gasteiger partial charge in [-0.05, 0) is 25.5 Å². The van der Waals surface area contributed by atoms with Gasteiger partial charge >= 0.3 is 5.97 Å². The van der Waals surface area contributed by atoms with E-state index in [2.05, 4.69) is 0 Å². The number of ketones is 1. The van der Waals surface area contributed by atoms with E-state index in [1.165, 1.54) is 0 Å². The maximum Gasteiger partial charge on any atom is 0.306 e.